The Morgan fingerprint density at radius 1 is 1.15 bits per heavy atom. The lowest BCUT2D eigenvalue weighted by atomic mass is 10.1. The molecule has 0 unspecified atom stereocenters. The van der Waals surface area contributed by atoms with E-state index in [1.165, 1.54) is 22.9 Å². The van der Waals surface area contributed by atoms with Gasteiger partial charge >= 0.3 is 0 Å². The maximum atomic E-state index is 13.2. The van der Waals surface area contributed by atoms with Crippen LogP contribution in [0.3, 0.4) is 0 Å². The average molecular weight is 333 g/mol. The Hall–Kier alpha value is -2.01. The van der Waals surface area contributed by atoms with Gasteiger partial charge in [-0.2, -0.15) is 9.78 Å². The van der Waals surface area contributed by atoms with Gasteiger partial charge in [0.05, 0.1) is 16.8 Å². The van der Waals surface area contributed by atoms with Gasteiger partial charge in [0, 0.05) is 9.86 Å². The molecule has 3 nitrogen and oxygen atoms in total. The molecule has 3 aromatic rings. The number of rotatable bonds is 1. The van der Waals surface area contributed by atoms with Crippen LogP contribution in [0, 0.1) is 12.7 Å². The van der Waals surface area contributed by atoms with E-state index in [-0.39, 0.29) is 11.4 Å². The highest BCUT2D eigenvalue weighted by Crippen LogP contribution is 2.21. The van der Waals surface area contributed by atoms with E-state index in [2.05, 4.69) is 21.0 Å². The third-order valence-electron chi connectivity index (χ3n) is 3.13. The van der Waals surface area contributed by atoms with Crippen molar-refractivity contribution in [1.29, 1.82) is 0 Å². The molecule has 1 heterocycles. The monoisotopic (exact) mass is 332 g/mol. The molecule has 0 bridgehead atoms. The fraction of sp³-hybridized carbons (Fsp3) is 0.0667. The summed E-state index contributed by atoms with van der Waals surface area (Å²) in [4.78, 5) is 12.5. The molecule has 20 heavy (non-hydrogen) atoms. The second-order valence-corrected chi connectivity index (χ2v) is 5.30. The summed E-state index contributed by atoms with van der Waals surface area (Å²) >= 11 is 3.27. The first kappa shape index (κ1) is 13.0. The highest BCUT2D eigenvalue weighted by molar-refractivity contribution is 9.10. The normalized spacial score (nSPS) is 10.9. The van der Waals surface area contributed by atoms with Crippen LogP contribution in [0.2, 0.25) is 0 Å². The van der Waals surface area contributed by atoms with Crippen molar-refractivity contribution in [2.24, 2.45) is 0 Å². The van der Waals surface area contributed by atoms with Crippen molar-refractivity contribution >= 4 is 26.7 Å². The van der Waals surface area contributed by atoms with E-state index in [0.29, 0.717) is 15.5 Å². The van der Waals surface area contributed by atoms with Gasteiger partial charge in [0.25, 0.3) is 5.56 Å². The van der Waals surface area contributed by atoms with Crippen LogP contribution in [0.15, 0.2) is 51.7 Å². The van der Waals surface area contributed by atoms with Crippen LogP contribution < -0.4 is 5.56 Å². The highest BCUT2D eigenvalue weighted by Gasteiger charge is 2.11. The molecule has 0 atom stereocenters. The Balaban J connectivity index is 2.38. The number of hydrogen-bond acceptors (Lipinski definition) is 2. The average Bonchev–Trinajstić information content (AvgIpc) is 2.43. The van der Waals surface area contributed by atoms with E-state index < -0.39 is 0 Å². The smallest absolute Gasteiger partial charge is 0.267 e. The van der Waals surface area contributed by atoms with E-state index in [1.54, 1.807) is 6.07 Å². The van der Waals surface area contributed by atoms with Crippen molar-refractivity contribution < 1.29 is 4.39 Å². The molecule has 1 aromatic heterocycles. The van der Waals surface area contributed by atoms with Gasteiger partial charge in [-0.05, 0) is 47.1 Å². The molecular formula is C15H10BrFN2O. The van der Waals surface area contributed by atoms with Gasteiger partial charge in [-0.25, -0.2) is 4.39 Å². The van der Waals surface area contributed by atoms with E-state index in [0.717, 1.165) is 11.1 Å². The number of halogens is 2. The number of aromatic nitrogens is 2. The van der Waals surface area contributed by atoms with Gasteiger partial charge in [0.2, 0.25) is 0 Å². The summed E-state index contributed by atoms with van der Waals surface area (Å²) in [5.41, 5.74) is 1.04. The minimum Gasteiger partial charge on any atom is -0.267 e. The van der Waals surface area contributed by atoms with Crippen molar-refractivity contribution in [3.05, 3.63) is 68.8 Å². The van der Waals surface area contributed by atoms with Crippen molar-refractivity contribution in [3.8, 4) is 5.69 Å². The molecule has 3 rings (SSSR count). The third kappa shape index (κ3) is 2.04. The summed E-state index contributed by atoms with van der Waals surface area (Å²) in [6.07, 6.45) is 0. The Labute approximate surface area is 122 Å². The quantitative estimate of drug-likeness (QED) is 0.682. The van der Waals surface area contributed by atoms with Crippen LogP contribution in [0.25, 0.3) is 16.5 Å². The molecule has 0 fully saturated rings. The summed E-state index contributed by atoms with van der Waals surface area (Å²) in [5, 5.41) is 5.73. The van der Waals surface area contributed by atoms with Crippen molar-refractivity contribution in [2.75, 3.05) is 0 Å². The van der Waals surface area contributed by atoms with Crippen LogP contribution in [-0.4, -0.2) is 9.78 Å². The minimum atomic E-state index is -0.369. The standard InChI is InChI=1S/C15H10BrFN2O/c1-9-11-4-2-3-5-12(11)15(20)19(18-9)14-7-6-10(17)8-13(14)16/h2-8H,1H3. The highest BCUT2D eigenvalue weighted by atomic mass is 79.9. The molecule has 0 spiro atoms. The molecule has 0 amide bonds. The molecule has 0 saturated carbocycles. The molecule has 0 saturated heterocycles. The third-order valence-corrected chi connectivity index (χ3v) is 3.76. The predicted octanol–water partition coefficient (Wildman–Crippen LogP) is 3.60. The maximum Gasteiger partial charge on any atom is 0.279 e. The van der Waals surface area contributed by atoms with Gasteiger partial charge in [-0.1, -0.05) is 18.2 Å². The van der Waals surface area contributed by atoms with Crippen LogP contribution in [0.4, 0.5) is 4.39 Å². The molecule has 0 radical (unpaired) electrons. The molecular weight excluding hydrogens is 323 g/mol. The predicted molar refractivity (Wildman–Crippen MR) is 79.7 cm³/mol. The summed E-state index contributed by atoms with van der Waals surface area (Å²) in [5.74, 6) is -0.369. The van der Waals surface area contributed by atoms with Crippen molar-refractivity contribution in [2.45, 2.75) is 6.92 Å². The number of fused-ring (bicyclic) bond motifs is 1. The first-order valence-corrected chi connectivity index (χ1v) is 6.81. The summed E-state index contributed by atoms with van der Waals surface area (Å²) in [6.45, 7) is 1.84. The zero-order valence-electron chi connectivity index (χ0n) is 10.6. The zero-order chi connectivity index (χ0) is 14.3. The molecule has 0 aliphatic heterocycles. The second-order valence-electron chi connectivity index (χ2n) is 4.44. The Morgan fingerprint density at radius 2 is 1.85 bits per heavy atom. The topological polar surface area (TPSA) is 34.9 Å². The largest absolute Gasteiger partial charge is 0.279 e. The Morgan fingerprint density at radius 3 is 2.55 bits per heavy atom. The molecule has 0 N–H and O–H groups in total. The van der Waals surface area contributed by atoms with Crippen molar-refractivity contribution in [1.82, 2.24) is 9.78 Å². The number of benzene rings is 2. The fourth-order valence-electron chi connectivity index (χ4n) is 2.16. The molecule has 0 aliphatic carbocycles. The second kappa shape index (κ2) is 4.83. The van der Waals surface area contributed by atoms with E-state index in [1.807, 2.05) is 25.1 Å². The fourth-order valence-corrected chi connectivity index (χ4v) is 2.68. The van der Waals surface area contributed by atoms with Gasteiger partial charge in [-0.15, -0.1) is 0 Å². The summed E-state index contributed by atoms with van der Waals surface area (Å²) < 4.78 is 14.9. The Kier molecular flexibility index (Phi) is 3.14. The lowest BCUT2D eigenvalue weighted by molar-refractivity contribution is 0.625. The lowest BCUT2D eigenvalue weighted by Gasteiger charge is -2.10. The molecule has 2 aromatic carbocycles. The van der Waals surface area contributed by atoms with Crippen molar-refractivity contribution in [3.63, 3.8) is 0 Å². The van der Waals surface area contributed by atoms with Crippen LogP contribution in [0.1, 0.15) is 5.69 Å². The number of nitrogens with zero attached hydrogens (tertiary/aromatic N) is 2. The summed E-state index contributed by atoms with van der Waals surface area (Å²) in [7, 11) is 0. The van der Waals surface area contributed by atoms with E-state index >= 15 is 0 Å². The minimum absolute atomic E-state index is 0.224. The SMILES string of the molecule is Cc1nn(-c2ccc(F)cc2Br)c(=O)c2ccccc12. The molecule has 0 aliphatic rings. The van der Waals surface area contributed by atoms with Gasteiger partial charge in [0.15, 0.2) is 0 Å². The zero-order valence-corrected chi connectivity index (χ0v) is 12.2. The number of hydrogen-bond donors (Lipinski definition) is 0. The molecule has 100 valence electrons. The molecule has 5 heteroatoms. The maximum absolute atomic E-state index is 13.2. The van der Waals surface area contributed by atoms with E-state index in [4.69, 9.17) is 0 Å². The lowest BCUT2D eigenvalue weighted by Crippen LogP contribution is -2.22. The van der Waals surface area contributed by atoms with E-state index in [9.17, 15) is 9.18 Å². The van der Waals surface area contributed by atoms with Crippen LogP contribution >= 0.6 is 15.9 Å². The van der Waals surface area contributed by atoms with Crippen LogP contribution in [0.5, 0.6) is 0 Å². The van der Waals surface area contributed by atoms with Gasteiger partial charge in [0.1, 0.15) is 5.82 Å². The Bertz CT molecular complexity index is 873. The van der Waals surface area contributed by atoms with Gasteiger partial charge < -0.3 is 0 Å². The first-order valence-electron chi connectivity index (χ1n) is 6.02. The summed E-state index contributed by atoms with van der Waals surface area (Å²) in [6, 6.07) is 11.5. The first-order chi connectivity index (χ1) is 9.58. The van der Waals surface area contributed by atoms with Gasteiger partial charge in [-0.3, -0.25) is 4.79 Å². The van der Waals surface area contributed by atoms with Crippen LogP contribution in [-0.2, 0) is 0 Å². The number of aryl methyl sites for hydroxylation is 1.